The molecule has 1 aromatic heterocycles. The number of nitrogens with one attached hydrogen (secondary N) is 1. The third kappa shape index (κ3) is 3.29. The van der Waals surface area contributed by atoms with Gasteiger partial charge in [0.1, 0.15) is 6.10 Å². The Balaban J connectivity index is 1.90. The van der Waals surface area contributed by atoms with Crippen LogP contribution in [-0.2, 0) is 11.3 Å². The van der Waals surface area contributed by atoms with Gasteiger partial charge in [0.2, 0.25) is 11.7 Å². The fourth-order valence-electron chi connectivity index (χ4n) is 1.86. The zero-order valence-corrected chi connectivity index (χ0v) is 10.6. The summed E-state index contributed by atoms with van der Waals surface area (Å²) in [5.41, 5.74) is 0. The summed E-state index contributed by atoms with van der Waals surface area (Å²) in [4.78, 5) is 6.62. The first kappa shape index (κ1) is 13.0. The van der Waals surface area contributed by atoms with Gasteiger partial charge in [-0.25, -0.2) is 0 Å². The molecule has 0 radical (unpaired) electrons. The molecule has 0 saturated carbocycles. The van der Waals surface area contributed by atoms with Crippen LogP contribution in [0.2, 0.25) is 0 Å². The lowest BCUT2D eigenvalue weighted by molar-refractivity contribution is -0.0334. The molecule has 1 aliphatic heterocycles. The van der Waals surface area contributed by atoms with Gasteiger partial charge in [0, 0.05) is 13.1 Å². The van der Waals surface area contributed by atoms with Gasteiger partial charge in [0.15, 0.2) is 0 Å². The van der Waals surface area contributed by atoms with Gasteiger partial charge in [-0.1, -0.05) is 18.0 Å². The van der Waals surface area contributed by atoms with Crippen LogP contribution in [0.15, 0.2) is 4.52 Å². The van der Waals surface area contributed by atoms with E-state index in [1.165, 1.54) is 0 Å². The second-order valence-corrected chi connectivity index (χ2v) is 4.11. The second-order valence-electron chi connectivity index (χ2n) is 4.11. The third-order valence-corrected chi connectivity index (χ3v) is 2.87. The van der Waals surface area contributed by atoms with Gasteiger partial charge in [0.05, 0.1) is 19.7 Å². The number of morpholine rings is 1. The van der Waals surface area contributed by atoms with Crippen LogP contribution in [0.4, 0.5) is 0 Å². The van der Waals surface area contributed by atoms with E-state index >= 15 is 0 Å². The average Bonchev–Trinajstić information content (AvgIpc) is 2.88. The summed E-state index contributed by atoms with van der Waals surface area (Å²) in [6.07, 6.45) is 5.05. The highest BCUT2D eigenvalue weighted by Crippen LogP contribution is 2.19. The van der Waals surface area contributed by atoms with Gasteiger partial charge in [-0.3, -0.25) is 10.2 Å². The van der Waals surface area contributed by atoms with Crippen LogP contribution < -0.4 is 5.32 Å². The van der Waals surface area contributed by atoms with E-state index in [1.54, 1.807) is 0 Å². The van der Waals surface area contributed by atoms with Crippen molar-refractivity contribution in [3.63, 3.8) is 0 Å². The molecule has 18 heavy (non-hydrogen) atoms. The van der Waals surface area contributed by atoms with Crippen molar-refractivity contribution < 1.29 is 9.26 Å². The fourth-order valence-corrected chi connectivity index (χ4v) is 1.86. The number of hydrogen-bond donors (Lipinski definition) is 1. The molecule has 98 valence electrons. The lowest BCUT2D eigenvalue weighted by atomic mass is 10.2. The molecule has 1 aliphatic rings. The Labute approximate surface area is 107 Å². The Bertz CT molecular complexity index is 412. The maximum absolute atomic E-state index is 5.66. The first-order chi connectivity index (χ1) is 8.83. The minimum absolute atomic E-state index is 0.0937. The van der Waals surface area contributed by atoms with Crippen molar-refractivity contribution >= 4 is 0 Å². The molecule has 1 aromatic rings. The molecule has 2 rings (SSSR count). The predicted molar refractivity (Wildman–Crippen MR) is 65.6 cm³/mol. The van der Waals surface area contributed by atoms with Gasteiger partial charge in [-0.05, 0) is 6.54 Å². The molecule has 1 saturated heterocycles. The van der Waals surface area contributed by atoms with Gasteiger partial charge < -0.3 is 9.26 Å². The van der Waals surface area contributed by atoms with E-state index in [4.69, 9.17) is 15.7 Å². The van der Waals surface area contributed by atoms with E-state index in [0.717, 1.165) is 19.6 Å². The van der Waals surface area contributed by atoms with Crippen molar-refractivity contribution in [2.45, 2.75) is 19.6 Å². The van der Waals surface area contributed by atoms with Crippen molar-refractivity contribution in [1.82, 2.24) is 20.4 Å². The Kier molecular flexibility index (Phi) is 4.70. The molecule has 1 fully saturated rings. The summed E-state index contributed by atoms with van der Waals surface area (Å²) in [5.74, 6) is 3.64. The number of nitrogens with zero attached hydrogens (tertiary/aromatic N) is 3. The number of likely N-dealkylation sites (N-methyl/N-ethyl adjacent to an activating group) is 1. The van der Waals surface area contributed by atoms with E-state index < -0.39 is 0 Å². The van der Waals surface area contributed by atoms with Crippen molar-refractivity contribution in [2.24, 2.45) is 0 Å². The van der Waals surface area contributed by atoms with Crippen LogP contribution in [0.1, 0.15) is 24.7 Å². The van der Waals surface area contributed by atoms with Crippen LogP contribution in [0.5, 0.6) is 0 Å². The monoisotopic (exact) mass is 250 g/mol. The first-order valence-corrected chi connectivity index (χ1v) is 6.14. The summed E-state index contributed by atoms with van der Waals surface area (Å²) in [6.45, 7) is 6.59. The van der Waals surface area contributed by atoms with Gasteiger partial charge in [0.25, 0.3) is 0 Å². The highest BCUT2D eigenvalue weighted by molar-refractivity contribution is 4.95. The van der Waals surface area contributed by atoms with Crippen LogP contribution in [-0.4, -0.2) is 47.8 Å². The smallest absolute Gasteiger partial charge is 0.240 e. The number of hydrogen-bond acceptors (Lipinski definition) is 6. The summed E-state index contributed by atoms with van der Waals surface area (Å²) in [5, 5.41) is 6.96. The predicted octanol–water partition coefficient (Wildman–Crippen LogP) is 0.186. The maximum Gasteiger partial charge on any atom is 0.240 e. The van der Waals surface area contributed by atoms with E-state index in [-0.39, 0.29) is 6.10 Å². The zero-order valence-electron chi connectivity index (χ0n) is 10.6. The number of aromatic nitrogens is 2. The molecule has 0 aromatic carbocycles. The van der Waals surface area contributed by atoms with Crippen LogP contribution >= 0.6 is 0 Å². The van der Waals surface area contributed by atoms with E-state index in [0.29, 0.717) is 31.4 Å². The molecular weight excluding hydrogens is 232 g/mol. The number of ether oxygens (including phenoxy) is 1. The Morgan fingerprint density at radius 2 is 2.50 bits per heavy atom. The SMILES string of the molecule is C#CCNCc1nc(C2CN(CC)CCO2)no1. The van der Waals surface area contributed by atoms with Crippen molar-refractivity contribution in [2.75, 3.05) is 32.8 Å². The quantitative estimate of drug-likeness (QED) is 0.594. The molecule has 1 unspecified atom stereocenters. The molecular formula is C12H18N4O2. The molecule has 0 aliphatic carbocycles. The van der Waals surface area contributed by atoms with Crippen LogP contribution in [0.25, 0.3) is 0 Å². The lowest BCUT2D eigenvalue weighted by Crippen LogP contribution is -2.38. The minimum Gasteiger partial charge on any atom is -0.367 e. The molecule has 0 amide bonds. The summed E-state index contributed by atoms with van der Waals surface area (Å²) in [6, 6.07) is 0. The molecule has 2 heterocycles. The lowest BCUT2D eigenvalue weighted by Gasteiger charge is -2.30. The van der Waals surface area contributed by atoms with E-state index in [2.05, 4.69) is 33.2 Å². The van der Waals surface area contributed by atoms with Crippen LogP contribution in [0, 0.1) is 12.3 Å². The zero-order chi connectivity index (χ0) is 12.8. The summed E-state index contributed by atoms with van der Waals surface area (Å²) in [7, 11) is 0. The van der Waals surface area contributed by atoms with Crippen molar-refractivity contribution in [3.05, 3.63) is 11.7 Å². The molecule has 0 spiro atoms. The Hall–Kier alpha value is -1.42. The van der Waals surface area contributed by atoms with Gasteiger partial charge in [-0.15, -0.1) is 6.42 Å². The first-order valence-electron chi connectivity index (χ1n) is 6.14. The topological polar surface area (TPSA) is 63.4 Å². The molecule has 6 nitrogen and oxygen atoms in total. The van der Waals surface area contributed by atoms with Gasteiger partial charge in [-0.2, -0.15) is 4.98 Å². The molecule has 0 bridgehead atoms. The largest absolute Gasteiger partial charge is 0.367 e. The minimum atomic E-state index is -0.0937. The number of rotatable bonds is 5. The fraction of sp³-hybridized carbons (Fsp3) is 0.667. The second kappa shape index (κ2) is 6.50. The van der Waals surface area contributed by atoms with Crippen molar-refractivity contribution in [3.8, 4) is 12.3 Å². The Morgan fingerprint density at radius 3 is 3.28 bits per heavy atom. The maximum atomic E-state index is 5.66. The van der Waals surface area contributed by atoms with E-state index in [9.17, 15) is 0 Å². The van der Waals surface area contributed by atoms with Crippen molar-refractivity contribution in [1.29, 1.82) is 0 Å². The average molecular weight is 250 g/mol. The van der Waals surface area contributed by atoms with Crippen LogP contribution in [0.3, 0.4) is 0 Å². The highest BCUT2D eigenvalue weighted by atomic mass is 16.5. The molecule has 1 atom stereocenters. The summed E-state index contributed by atoms with van der Waals surface area (Å²) >= 11 is 0. The van der Waals surface area contributed by atoms with Gasteiger partial charge >= 0.3 is 0 Å². The normalized spacial score (nSPS) is 20.8. The molecule has 1 N–H and O–H groups in total. The molecule has 6 heteroatoms. The number of terminal acetylenes is 1. The standard InChI is InChI=1S/C12H18N4O2/c1-3-5-13-8-11-14-12(15-18-11)10-9-16(4-2)6-7-17-10/h1,10,13H,4-9H2,2H3. The Morgan fingerprint density at radius 1 is 1.61 bits per heavy atom. The highest BCUT2D eigenvalue weighted by Gasteiger charge is 2.25. The third-order valence-electron chi connectivity index (χ3n) is 2.87. The van der Waals surface area contributed by atoms with E-state index in [1.807, 2.05) is 0 Å². The summed E-state index contributed by atoms with van der Waals surface area (Å²) < 4.78 is 10.8.